The molecule has 0 bridgehead atoms. The van der Waals surface area contributed by atoms with Gasteiger partial charge in [-0.1, -0.05) is 54.6 Å². The van der Waals surface area contributed by atoms with Crippen LogP contribution in [0.2, 0.25) is 0 Å². The van der Waals surface area contributed by atoms with Gasteiger partial charge >= 0.3 is 0 Å². The smallest absolute Gasteiger partial charge is 0.0443 e. The minimum absolute atomic E-state index is 0.509. The lowest BCUT2D eigenvalue weighted by molar-refractivity contribution is 0.281. The van der Waals surface area contributed by atoms with Gasteiger partial charge in [-0.3, -0.25) is 0 Å². The third-order valence-corrected chi connectivity index (χ3v) is 7.32. The summed E-state index contributed by atoms with van der Waals surface area (Å²) in [5, 5.41) is 0. The summed E-state index contributed by atoms with van der Waals surface area (Å²) in [7, 11) is 4.38. The molecule has 3 aliphatic rings. The van der Waals surface area contributed by atoms with Crippen molar-refractivity contribution in [2.45, 2.75) is 19.0 Å². The van der Waals surface area contributed by atoms with E-state index in [1.54, 1.807) is 0 Å². The lowest BCUT2D eigenvalue weighted by Crippen LogP contribution is -2.39. The Morgan fingerprint density at radius 1 is 0.818 bits per heavy atom. The van der Waals surface area contributed by atoms with Gasteiger partial charge in [-0.05, 0) is 76.5 Å². The predicted molar refractivity (Wildman–Crippen MR) is 139 cm³/mol. The van der Waals surface area contributed by atoms with Crippen LogP contribution in [-0.4, -0.2) is 43.5 Å². The van der Waals surface area contributed by atoms with Gasteiger partial charge in [-0.25, -0.2) is 0 Å². The van der Waals surface area contributed by atoms with Gasteiger partial charge in [0, 0.05) is 51.4 Å². The maximum absolute atomic E-state index is 2.61. The monoisotopic (exact) mass is 433 g/mol. The molecule has 1 unspecified atom stereocenters. The molecule has 3 aromatic rings. The molecule has 3 aliphatic heterocycles. The summed E-state index contributed by atoms with van der Waals surface area (Å²) < 4.78 is 0. The standard InChI is InChI=1S/C30H31N3/c1-31-14-13-23-15-22(11-12-25(23)17-31)27-16-24-7-4-6-10-30(24)33(20-27)21-28-19-32(2)18-26-8-3-5-9-29(26)28/h3-16,28H,17-21H2,1-2H3. The first-order chi connectivity index (χ1) is 16.1. The average molecular weight is 434 g/mol. The molecule has 3 aromatic carbocycles. The number of hydrogen-bond acceptors (Lipinski definition) is 3. The van der Waals surface area contributed by atoms with Crippen molar-refractivity contribution in [1.29, 1.82) is 0 Å². The number of benzene rings is 3. The summed E-state index contributed by atoms with van der Waals surface area (Å²) in [6, 6.07) is 24.9. The first-order valence-corrected chi connectivity index (χ1v) is 12.0. The van der Waals surface area contributed by atoms with Gasteiger partial charge in [0.1, 0.15) is 0 Å². The molecule has 1 atom stereocenters. The minimum atomic E-state index is 0.509. The Kier molecular flexibility index (Phi) is 5.07. The second kappa shape index (κ2) is 8.24. The van der Waals surface area contributed by atoms with Crippen LogP contribution in [0.1, 0.15) is 39.3 Å². The molecule has 0 amide bonds. The van der Waals surface area contributed by atoms with E-state index in [0.717, 1.165) is 32.7 Å². The average Bonchev–Trinajstić information content (AvgIpc) is 2.83. The van der Waals surface area contributed by atoms with Gasteiger partial charge < -0.3 is 14.7 Å². The first-order valence-electron chi connectivity index (χ1n) is 12.0. The largest absolute Gasteiger partial charge is 0.376 e. The zero-order valence-electron chi connectivity index (χ0n) is 19.5. The van der Waals surface area contributed by atoms with Gasteiger partial charge in [-0.2, -0.15) is 0 Å². The highest BCUT2D eigenvalue weighted by molar-refractivity contribution is 5.91. The lowest BCUT2D eigenvalue weighted by Gasteiger charge is -2.38. The lowest BCUT2D eigenvalue weighted by atomic mass is 9.88. The van der Waals surface area contributed by atoms with Gasteiger partial charge in [0.2, 0.25) is 0 Å². The van der Waals surface area contributed by atoms with Gasteiger partial charge in [0.25, 0.3) is 0 Å². The summed E-state index contributed by atoms with van der Waals surface area (Å²) in [6.07, 6.45) is 6.82. The van der Waals surface area contributed by atoms with Crippen LogP contribution in [0.4, 0.5) is 5.69 Å². The fourth-order valence-corrected chi connectivity index (χ4v) is 5.71. The van der Waals surface area contributed by atoms with E-state index in [0.29, 0.717) is 5.92 Å². The minimum Gasteiger partial charge on any atom is -0.376 e. The van der Waals surface area contributed by atoms with Crippen molar-refractivity contribution in [3.05, 3.63) is 106 Å². The highest BCUT2D eigenvalue weighted by Gasteiger charge is 2.27. The van der Waals surface area contributed by atoms with E-state index in [4.69, 9.17) is 0 Å². The highest BCUT2D eigenvalue weighted by atomic mass is 15.2. The van der Waals surface area contributed by atoms with Crippen LogP contribution in [0.25, 0.3) is 17.7 Å². The third kappa shape index (κ3) is 3.87. The van der Waals surface area contributed by atoms with E-state index < -0.39 is 0 Å². The molecule has 0 saturated heterocycles. The van der Waals surface area contributed by atoms with Crippen LogP contribution in [0.15, 0.2) is 72.9 Å². The Morgan fingerprint density at radius 3 is 2.61 bits per heavy atom. The maximum atomic E-state index is 2.61. The molecule has 0 saturated carbocycles. The van der Waals surface area contributed by atoms with E-state index >= 15 is 0 Å². The Morgan fingerprint density at radius 2 is 1.67 bits per heavy atom. The molecule has 3 heteroatoms. The van der Waals surface area contributed by atoms with E-state index in [-0.39, 0.29) is 0 Å². The van der Waals surface area contributed by atoms with Crippen LogP contribution in [0.5, 0.6) is 0 Å². The number of rotatable bonds is 3. The van der Waals surface area contributed by atoms with Crippen LogP contribution in [0, 0.1) is 0 Å². The molecule has 0 spiro atoms. The van der Waals surface area contributed by atoms with Crippen LogP contribution >= 0.6 is 0 Å². The molecule has 33 heavy (non-hydrogen) atoms. The Hall–Kier alpha value is -3.30. The summed E-state index contributed by atoms with van der Waals surface area (Å²) >= 11 is 0. The van der Waals surface area contributed by atoms with Gasteiger partial charge in [-0.15, -0.1) is 0 Å². The number of para-hydroxylation sites is 1. The topological polar surface area (TPSA) is 9.72 Å². The second-order valence-electron chi connectivity index (χ2n) is 9.85. The molecule has 0 aromatic heterocycles. The normalized spacial score (nSPS) is 19.6. The number of likely N-dealkylation sites (N-methyl/N-ethyl adjacent to an activating group) is 1. The Bertz CT molecular complexity index is 1250. The zero-order valence-corrected chi connectivity index (χ0v) is 19.5. The third-order valence-electron chi connectivity index (χ3n) is 7.32. The molecule has 0 N–H and O–H groups in total. The quantitative estimate of drug-likeness (QED) is 0.525. The number of nitrogens with zero attached hydrogens (tertiary/aromatic N) is 3. The van der Waals surface area contributed by atoms with Crippen molar-refractivity contribution in [1.82, 2.24) is 9.80 Å². The number of fused-ring (bicyclic) bond motifs is 3. The van der Waals surface area contributed by atoms with Crippen molar-refractivity contribution >= 4 is 23.4 Å². The molecule has 3 heterocycles. The van der Waals surface area contributed by atoms with E-state index in [1.165, 1.54) is 44.6 Å². The van der Waals surface area contributed by atoms with Crippen molar-refractivity contribution in [2.75, 3.05) is 38.6 Å². The first kappa shape index (κ1) is 20.3. The summed E-state index contributed by atoms with van der Waals surface area (Å²) in [4.78, 5) is 7.31. The fourth-order valence-electron chi connectivity index (χ4n) is 5.71. The number of hydrogen-bond donors (Lipinski definition) is 0. The second-order valence-corrected chi connectivity index (χ2v) is 9.85. The van der Waals surface area contributed by atoms with Gasteiger partial charge in [0.05, 0.1) is 0 Å². The van der Waals surface area contributed by atoms with Crippen LogP contribution < -0.4 is 4.90 Å². The predicted octanol–water partition coefficient (Wildman–Crippen LogP) is 5.69. The molecular weight excluding hydrogens is 402 g/mol. The molecule has 0 aliphatic carbocycles. The van der Waals surface area contributed by atoms with Crippen LogP contribution in [-0.2, 0) is 13.1 Å². The Balaban J connectivity index is 1.34. The molecule has 0 fully saturated rings. The highest BCUT2D eigenvalue weighted by Crippen LogP contribution is 2.37. The Labute approximate surface area is 197 Å². The number of anilines is 1. The van der Waals surface area contributed by atoms with Crippen molar-refractivity contribution < 1.29 is 0 Å². The SMILES string of the molecule is CN1C=Cc2cc(C3=Cc4ccccc4N(CC4CN(C)Cc5ccccc54)C3)ccc2C1. The van der Waals surface area contributed by atoms with Crippen molar-refractivity contribution in [2.24, 2.45) is 0 Å². The van der Waals surface area contributed by atoms with Gasteiger partial charge in [0.15, 0.2) is 0 Å². The maximum Gasteiger partial charge on any atom is 0.0443 e. The summed E-state index contributed by atoms with van der Waals surface area (Å²) in [5.41, 5.74) is 11.2. The molecule has 3 nitrogen and oxygen atoms in total. The molecule has 166 valence electrons. The summed E-state index contributed by atoms with van der Waals surface area (Å²) in [6.45, 7) is 5.11. The van der Waals surface area contributed by atoms with E-state index in [2.05, 4.69) is 114 Å². The van der Waals surface area contributed by atoms with Crippen molar-refractivity contribution in [3.63, 3.8) is 0 Å². The van der Waals surface area contributed by atoms with Crippen LogP contribution in [0.3, 0.4) is 0 Å². The molecule has 6 rings (SSSR count). The molecular formula is C30H31N3. The van der Waals surface area contributed by atoms with E-state index in [1.807, 2.05) is 0 Å². The van der Waals surface area contributed by atoms with E-state index in [9.17, 15) is 0 Å². The molecule has 0 radical (unpaired) electrons. The fraction of sp³-hybridized carbons (Fsp3) is 0.267. The zero-order chi connectivity index (χ0) is 22.4. The summed E-state index contributed by atoms with van der Waals surface area (Å²) in [5.74, 6) is 0.509. The van der Waals surface area contributed by atoms with Crippen molar-refractivity contribution in [3.8, 4) is 0 Å².